The number of nitrogens with one attached hydrogen (secondary N) is 2. The lowest BCUT2D eigenvalue weighted by molar-refractivity contribution is -0.147. The highest BCUT2D eigenvalue weighted by molar-refractivity contribution is 6.39. The molecule has 6 heterocycles. The van der Waals surface area contributed by atoms with Crippen molar-refractivity contribution in [3.63, 3.8) is 0 Å². The second-order valence-electron chi connectivity index (χ2n) is 14.9. The summed E-state index contributed by atoms with van der Waals surface area (Å²) in [6, 6.07) is 13.5. The summed E-state index contributed by atoms with van der Waals surface area (Å²) in [5, 5.41) is 20.7. The molecule has 304 valence electrons. The number of carbonyl (C=O) groups excluding carboxylic acids is 2. The zero-order valence-electron chi connectivity index (χ0n) is 31.4. The Labute approximate surface area is 341 Å². The first kappa shape index (κ1) is 39.9. The van der Waals surface area contributed by atoms with Gasteiger partial charge in [0.15, 0.2) is 11.5 Å². The van der Waals surface area contributed by atoms with Crippen LogP contribution in [0.3, 0.4) is 0 Å². The summed E-state index contributed by atoms with van der Waals surface area (Å²) in [7, 11) is 1.41. The van der Waals surface area contributed by atoms with Crippen molar-refractivity contribution in [2.24, 2.45) is 5.92 Å². The molecule has 1 amide bonds. The second kappa shape index (κ2) is 16.4. The Morgan fingerprint density at radius 2 is 1.67 bits per heavy atom. The Morgan fingerprint density at radius 3 is 2.36 bits per heavy atom. The number of halogens is 5. The number of anilines is 3. The molecule has 2 atom stereocenters. The number of ether oxygens (including phenoxy) is 1. The van der Waals surface area contributed by atoms with Gasteiger partial charge in [0.1, 0.15) is 5.52 Å². The zero-order chi connectivity index (χ0) is 40.7. The lowest BCUT2D eigenvalue weighted by atomic mass is 9.93. The van der Waals surface area contributed by atoms with Crippen molar-refractivity contribution in [1.82, 2.24) is 34.5 Å². The number of aryl methyl sites for hydroxylation is 1. The van der Waals surface area contributed by atoms with Gasteiger partial charge in [0.05, 0.1) is 57.8 Å². The molecule has 58 heavy (non-hydrogen) atoms. The summed E-state index contributed by atoms with van der Waals surface area (Å²) in [6.45, 7) is 3.69. The number of methoxy groups -OCH3 is 1. The molecular formula is C40H40Cl2F3N9O4. The van der Waals surface area contributed by atoms with Gasteiger partial charge in [0.25, 0.3) is 5.91 Å². The average Bonchev–Trinajstić information content (AvgIpc) is 3.84. The topological polar surface area (TPSA) is 151 Å². The van der Waals surface area contributed by atoms with E-state index in [1.807, 2.05) is 15.6 Å². The number of likely N-dealkylation sites (tertiary alicyclic amines) is 2. The van der Waals surface area contributed by atoms with E-state index in [0.717, 1.165) is 31.6 Å². The number of alkyl halides is 3. The van der Waals surface area contributed by atoms with Gasteiger partial charge in [-0.25, -0.2) is 9.97 Å². The third-order valence-electron chi connectivity index (χ3n) is 11.0. The maximum absolute atomic E-state index is 14.1. The van der Waals surface area contributed by atoms with Crippen molar-refractivity contribution in [1.29, 1.82) is 0 Å². The van der Waals surface area contributed by atoms with Crippen LogP contribution in [0.4, 0.5) is 30.4 Å². The lowest BCUT2D eigenvalue weighted by Gasteiger charge is -2.38. The number of esters is 1. The third-order valence-corrected chi connectivity index (χ3v) is 11.8. The second-order valence-corrected chi connectivity index (χ2v) is 15.6. The number of benzene rings is 2. The molecule has 18 heteroatoms. The van der Waals surface area contributed by atoms with Crippen LogP contribution < -0.4 is 10.6 Å². The highest BCUT2D eigenvalue weighted by Crippen LogP contribution is 2.42. The molecule has 2 saturated heterocycles. The van der Waals surface area contributed by atoms with E-state index in [-0.39, 0.29) is 56.2 Å². The summed E-state index contributed by atoms with van der Waals surface area (Å²) >= 11 is 13.9. The van der Waals surface area contributed by atoms with Crippen molar-refractivity contribution in [3.8, 4) is 11.1 Å². The van der Waals surface area contributed by atoms with Crippen molar-refractivity contribution in [2.75, 3.05) is 43.9 Å². The minimum absolute atomic E-state index is 0.00445. The van der Waals surface area contributed by atoms with Gasteiger partial charge in [0.2, 0.25) is 5.82 Å². The van der Waals surface area contributed by atoms with Gasteiger partial charge in [-0.1, -0.05) is 47.5 Å². The number of pyridine rings is 1. The van der Waals surface area contributed by atoms with Crippen molar-refractivity contribution >= 4 is 63.3 Å². The van der Waals surface area contributed by atoms with Crippen LogP contribution in [0.15, 0.2) is 54.7 Å². The minimum atomic E-state index is -4.84. The molecule has 0 bridgehead atoms. The summed E-state index contributed by atoms with van der Waals surface area (Å²) in [6.07, 6.45) is 0.130. The summed E-state index contributed by atoms with van der Waals surface area (Å²) < 4.78 is 49.0. The fourth-order valence-corrected chi connectivity index (χ4v) is 8.67. The van der Waals surface area contributed by atoms with Crippen molar-refractivity contribution in [3.05, 3.63) is 87.5 Å². The molecule has 2 aromatic carbocycles. The van der Waals surface area contributed by atoms with Crippen LogP contribution >= 0.6 is 23.2 Å². The number of amides is 1. The van der Waals surface area contributed by atoms with E-state index >= 15 is 0 Å². The summed E-state index contributed by atoms with van der Waals surface area (Å²) in [5.41, 5.74) is 3.39. The van der Waals surface area contributed by atoms with E-state index in [0.29, 0.717) is 67.8 Å². The monoisotopic (exact) mass is 837 g/mol. The quantitative estimate of drug-likeness (QED) is 0.127. The largest absolute Gasteiger partial charge is 0.469 e. The van der Waals surface area contributed by atoms with E-state index in [2.05, 4.69) is 35.6 Å². The van der Waals surface area contributed by atoms with Gasteiger partial charge in [-0.15, -0.1) is 0 Å². The van der Waals surface area contributed by atoms with E-state index in [1.54, 1.807) is 48.7 Å². The molecule has 2 fully saturated rings. The van der Waals surface area contributed by atoms with Crippen LogP contribution in [0.25, 0.3) is 22.2 Å². The minimum Gasteiger partial charge on any atom is -0.469 e. The molecule has 0 spiro atoms. The zero-order valence-corrected chi connectivity index (χ0v) is 32.9. The number of rotatable bonds is 9. The Bertz CT molecular complexity index is 2370. The Morgan fingerprint density at radius 1 is 0.948 bits per heavy atom. The third kappa shape index (κ3) is 8.21. The molecule has 0 radical (unpaired) electrons. The Hall–Kier alpha value is -4.87. The van der Waals surface area contributed by atoms with Crippen molar-refractivity contribution in [2.45, 2.75) is 63.5 Å². The predicted octanol–water partition coefficient (Wildman–Crippen LogP) is 7.50. The number of aromatic nitrogens is 5. The number of aliphatic hydroxyl groups is 1. The Kier molecular flexibility index (Phi) is 11.3. The standard InChI is InChI=1S/C40H40Cl2F3N9O4/c1-58-38(57)23-10-15-53(16-11-23)31-9-4-13-54-32(31)18-30(51-54)37(56)48-28-8-3-6-26(34(28)42)25-5-2-7-27(33(25)41)47-36-35-29(49-39(50-36)40(43,44)45)17-22(19-46-35)20-52-14-12-24(55)21-52/h2-3,5-8,17-19,23-24,31,55H,4,9-16,20-21H2,1H3,(H,48,56)(H,47,49,50)/t24-,31-/m1/s1. The summed E-state index contributed by atoms with van der Waals surface area (Å²) in [5.74, 6) is -2.27. The van der Waals surface area contributed by atoms with E-state index in [1.165, 1.54) is 7.11 Å². The molecule has 3 N–H and O–H groups in total. The van der Waals surface area contributed by atoms with E-state index < -0.39 is 24.0 Å². The Balaban J connectivity index is 1.02. The first-order valence-electron chi connectivity index (χ1n) is 19.1. The van der Waals surface area contributed by atoms with Gasteiger partial charge >= 0.3 is 12.1 Å². The number of nitrogens with zero attached hydrogens (tertiary/aromatic N) is 7. The highest BCUT2D eigenvalue weighted by Gasteiger charge is 2.37. The maximum Gasteiger partial charge on any atom is 0.451 e. The SMILES string of the molecule is COC(=O)C1CCN([C@@H]2CCCn3nc(C(=O)Nc4cccc(-c5cccc(Nc6nc(C(F)(F)F)nc7cc(CN8CC[C@@H](O)C8)cnc67)c5Cl)c4Cl)cc32)CC1. The highest BCUT2D eigenvalue weighted by atomic mass is 35.5. The fourth-order valence-electron chi connectivity index (χ4n) is 8.12. The average molecular weight is 839 g/mol. The molecule has 13 nitrogen and oxygen atoms in total. The van der Waals surface area contributed by atoms with Crippen LogP contribution in [0.2, 0.25) is 10.0 Å². The van der Waals surface area contributed by atoms with Gasteiger partial charge in [-0.05, 0) is 75.0 Å². The van der Waals surface area contributed by atoms with Crippen LogP contribution in [0.5, 0.6) is 0 Å². The number of β-amino-alcohol motifs (C(OH)–C–C–N with tert-alkyl or cyclic N) is 1. The number of piperidine rings is 1. The lowest BCUT2D eigenvalue weighted by Crippen LogP contribution is -2.40. The number of carbonyl (C=O) groups is 2. The molecule has 3 aliphatic rings. The van der Waals surface area contributed by atoms with Gasteiger partial charge in [-0.2, -0.15) is 18.3 Å². The first-order valence-corrected chi connectivity index (χ1v) is 19.8. The van der Waals surface area contributed by atoms with Gasteiger partial charge < -0.3 is 20.5 Å². The van der Waals surface area contributed by atoms with Gasteiger partial charge in [-0.3, -0.25) is 29.1 Å². The predicted molar refractivity (Wildman–Crippen MR) is 212 cm³/mol. The van der Waals surface area contributed by atoms with Gasteiger partial charge in [0, 0.05) is 43.5 Å². The number of hydrogen-bond acceptors (Lipinski definition) is 11. The van der Waals surface area contributed by atoms with E-state index in [4.69, 9.17) is 27.9 Å². The smallest absolute Gasteiger partial charge is 0.451 e. The van der Waals surface area contributed by atoms with E-state index in [9.17, 15) is 27.9 Å². The van der Waals surface area contributed by atoms with Crippen LogP contribution in [0, 0.1) is 5.92 Å². The van der Waals surface area contributed by atoms with Crippen LogP contribution in [0.1, 0.15) is 65.7 Å². The molecule has 0 unspecified atom stereocenters. The first-order chi connectivity index (χ1) is 27.9. The van der Waals surface area contributed by atoms with Crippen LogP contribution in [-0.4, -0.2) is 90.9 Å². The van der Waals surface area contributed by atoms with Crippen LogP contribution in [-0.2, 0) is 28.8 Å². The molecule has 5 aromatic rings. The molecule has 3 aliphatic heterocycles. The maximum atomic E-state index is 14.1. The molecule has 3 aromatic heterocycles. The van der Waals surface area contributed by atoms with Crippen molar-refractivity contribution < 1.29 is 32.6 Å². The molecular weight excluding hydrogens is 798 g/mol. The molecule has 0 aliphatic carbocycles. The fraction of sp³-hybridized carbons (Fsp3) is 0.400. The normalized spacial score (nSPS) is 19.3. The number of aliphatic hydroxyl groups excluding tert-OH is 1. The number of hydrogen-bond donors (Lipinski definition) is 3. The number of fused-ring (bicyclic) bond motifs is 2. The molecule has 0 saturated carbocycles. The molecule has 8 rings (SSSR count). The summed E-state index contributed by atoms with van der Waals surface area (Å²) in [4.78, 5) is 42.1.